The molecule has 1 aliphatic heterocycles. The molecule has 0 bridgehead atoms. The average molecular weight is 390 g/mol. The van der Waals surface area contributed by atoms with E-state index in [1.165, 1.54) is 6.20 Å². The van der Waals surface area contributed by atoms with Crippen LogP contribution in [0, 0.1) is 0 Å². The van der Waals surface area contributed by atoms with Crippen LogP contribution in [0.3, 0.4) is 0 Å². The molecule has 0 radical (unpaired) electrons. The lowest BCUT2D eigenvalue weighted by Crippen LogP contribution is -2.46. The van der Waals surface area contributed by atoms with Crippen molar-refractivity contribution in [2.75, 3.05) is 6.54 Å². The van der Waals surface area contributed by atoms with Gasteiger partial charge in [0.05, 0.1) is 6.20 Å². The van der Waals surface area contributed by atoms with Crippen LogP contribution >= 0.6 is 0 Å². The van der Waals surface area contributed by atoms with E-state index in [0.717, 1.165) is 37.0 Å². The first-order valence-electron chi connectivity index (χ1n) is 10.2. The number of amides is 1. The van der Waals surface area contributed by atoms with Gasteiger partial charge in [-0.15, -0.1) is 5.10 Å². The van der Waals surface area contributed by atoms with E-state index in [-0.39, 0.29) is 12.1 Å². The molecule has 1 aromatic heterocycles. The molecule has 6 heteroatoms. The van der Waals surface area contributed by atoms with Crippen molar-refractivity contribution in [3.05, 3.63) is 83.7 Å². The van der Waals surface area contributed by atoms with Crippen molar-refractivity contribution in [2.24, 2.45) is 0 Å². The molecule has 1 aliphatic rings. The molecule has 0 saturated carbocycles. The zero-order chi connectivity index (χ0) is 20.3. The highest BCUT2D eigenvalue weighted by Crippen LogP contribution is 2.35. The van der Waals surface area contributed by atoms with E-state index in [4.69, 9.17) is 0 Å². The van der Waals surface area contributed by atoms with Crippen molar-refractivity contribution >= 4 is 6.03 Å². The fraction of sp³-hybridized carbons (Fsp3) is 0.348. The van der Waals surface area contributed by atoms with Gasteiger partial charge in [-0.25, -0.2) is 4.79 Å². The Morgan fingerprint density at radius 2 is 1.69 bits per heavy atom. The highest BCUT2D eigenvalue weighted by atomic mass is 16.3. The first-order valence-corrected chi connectivity index (χ1v) is 10.2. The van der Waals surface area contributed by atoms with E-state index >= 15 is 0 Å². The van der Waals surface area contributed by atoms with E-state index in [2.05, 4.69) is 17.1 Å². The number of nitrogens with zero attached hydrogens (tertiary/aromatic N) is 4. The van der Waals surface area contributed by atoms with Gasteiger partial charge < -0.3 is 10.0 Å². The molecule has 1 unspecified atom stereocenters. The lowest BCUT2D eigenvalue weighted by molar-refractivity contribution is 0.119. The Balaban J connectivity index is 1.73. The minimum absolute atomic E-state index is 0.216. The van der Waals surface area contributed by atoms with Gasteiger partial charge in [-0.05, 0) is 36.8 Å². The Morgan fingerprint density at radius 3 is 2.28 bits per heavy atom. The van der Waals surface area contributed by atoms with E-state index in [1.807, 2.05) is 65.6 Å². The normalized spacial score (nSPS) is 17.3. The van der Waals surface area contributed by atoms with Crippen molar-refractivity contribution in [3.63, 3.8) is 0 Å². The largest absolute Gasteiger partial charge is 0.374 e. The first-order chi connectivity index (χ1) is 14.1. The summed E-state index contributed by atoms with van der Waals surface area (Å²) in [5, 5.41) is 20.5. The number of carbonyl (C=O) groups excluding carboxylic acids is 1. The Labute approximate surface area is 170 Å². The second-order valence-corrected chi connectivity index (χ2v) is 7.50. The monoisotopic (exact) mass is 390 g/mol. The lowest BCUT2D eigenvalue weighted by atomic mass is 9.84. The molecular formula is C23H26N4O2. The van der Waals surface area contributed by atoms with Gasteiger partial charge in [0.2, 0.25) is 0 Å². The molecule has 2 heterocycles. The molecule has 29 heavy (non-hydrogen) atoms. The van der Waals surface area contributed by atoms with Gasteiger partial charge in [0.15, 0.2) is 5.60 Å². The van der Waals surface area contributed by atoms with Gasteiger partial charge in [-0.3, -0.25) is 0 Å². The summed E-state index contributed by atoms with van der Waals surface area (Å²) in [6, 6.07) is 18.7. The standard InChI is InChI=1S/C23H26N4O2/c1-2-20-15-9-10-16-26(20)22(28)27-24-17-21(25-27)23(29,18-11-5-3-6-12-18)19-13-7-4-8-14-19/h3-8,11-14,17,20,29H,2,9-10,15-16H2,1H3. The number of rotatable bonds is 4. The minimum Gasteiger partial charge on any atom is -0.374 e. The van der Waals surface area contributed by atoms with Gasteiger partial charge in [0.1, 0.15) is 5.69 Å². The minimum atomic E-state index is -1.49. The first kappa shape index (κ1) is 19.3. The maximum absolute atomic E-state index is 13.1. The van der Waals surface area contributed by atoms with Crippen LogP contribution in [0.25, 0.3) is 0 Å². The van der Waals surface area contributed by atoms with Crippen molar-refractivity contribution in [1.82, 2.24) is 19.9 Å². The van der Waals surface area contributed by atoms with Gasteiger partial charge in [-0.1, -0.05) is 72.4 Å². The van der Waals surface area contributed by atoms with Gasteiger partial charge in [0.25, 0.3) is 0 Å². The van der Waals surface area contributed by atoms with Crippen LogP contribution in [-0.4, -0.2) is 43.6 Å². The average Bonchev–Trinajstić information content (AvgIpc) is 3.30. The van der Waals surface area contributed by atoms with Crippen LogP contribution in [0.1, 0.15) is 49.4 Å². The third kappa shape index (κ3) is 3.56. The second-order valence-electron chi connectivity index (χ2n) is 7.50. The molecule has 1 saturated heterocycles. The number of hydrogen-bond acceptors (Lipinski definition) is 4. The number of likely N-dealkylation sites (tertiary alicyclic amines) is 1. The van der Waals surface area contributed by atoms with E-state index < -0.39 is 5.60 Å². The van der Waals surface area contributed by atoms with Crippen LogP contribution in [0.2, 0.25) is 0 Å². The summed E-state index contributed by atoms with van der Waals surface area (Å²) in [4.78, 5) is 16.0. The Hall–Kier alpha value is -2.99. The predicted octanol–water partition coefficient (Wildman–Crippen LogP) is 3.79. The number of hydrogen-bond donors (Lipinski definition) is 1. The lowest BCUT2D eigenvalue weighted by Gasteiger charge is -2.34. The third-order valence-electron chi connectivity index (χ3n) is 5.76. The highest BCUT2D eigenvalue weighted by Gasteiger charge is 2.37. The summed E-state index contributed by atoms with van der Waals surface area (Å²) in [5.74, 6) is 0. The Morgan fingerprint density at radius 1 is 1.07 bits per heavy atom. The molecule has 1 N–H and O–H groups in total. The number of carbonyl (C=O) groups is 1. The van der Waals surface area contributed by atoms with E-state index in [0.29, 0.717) is 16.8 Å². The second kappa shape index (κ2) is 8.17. The fourth-order valence-corrected chi connectivity index (χ4v) is 4.13. The predicted molar refractivity (Wildman–Crippen MR) is 110 cm³/mol. The molecular weight excluding hydrogens is 364 g/mol. The summed E-state index contributed by atoms with van der Waals surface area (Å²) in [6.45, 7) is 2.82. The Bertz CT molecular complexity index is 916. The summed E-state index contributed by atoms with van der Waals surface area (Å²) in [5.41, 5.74) is 0.186. The van der Waals surface area contributed by atoms with E-state index in [9.17, 15) is 9.90 Å². The van der Waals surface area contributed by atoms with Crippen molar-refractivity contribution < 1.29 is 9.90 Å². The van der Waals surface area contributed by atoms with Gasteiger partial charge in [0, 0.05) is 12.6 Å². The van der Waals surface area contributed by atoms with E-state index in [1.54, 1.807) is 0 Å². The molecule has 6 nitrogen and oxygen atoms in total. The summed E-state index contributed by atoms with van der Waals surface area (Å²) < 4.78 is 0. The van der Waals surface area contributed by atoms with Crippen molar-refractivity contribution in [1.29, 1.82) is 0 Å². The van der Waals surface area contributed by atoms with Gasteiger partial charge in [-0.2, -0.15) is 5.10 Å². The summed E-state index contributed by atoms with van der Waals surface area (Å²) in [6.07, 6.45) is 5.55. The summed E-state index contributed by atoms with van der Waals surface area (Å²) >= 11 is 0. The maximum atomic E-state index is 13.1. The molecule has 4 rings (SSSR count). The quantitative estimate of drug-likeness (QED) is 0.736. The summed E-state index contributed by atoms with van der Waals surface area (Å²) in [7, 11) is 0. The Kier molecular flexibility index (Phi) is 5.45. The molecule has 3 aromatic rings. The highest BCUT2D eigenvalue weighted by molar-refractivity contribution is 5.75. The molecule has 1 amide bonds. The molecule has 0 aliphatic carbocycles. The number of aromatic nitrogens is 3. The van der Waals surface area contributed by atoms with Crippen LogP contribution in [0.4, 0.5) is 4.79 Å². The number of aliphatic hydroxyl groups is 1. The molecule has 150 valence electrons. The molecule has 1 fully saturated rings. The number of benzene rings is 2. The van der Waals surface area contributed by atoms with Crippen LogP contribution < -0.4 is 0 Å². The van der Waals surface area contributed by atoms with Crippen LogP contribution in [-0.2, 0) is 5.60 Å². The van der Waals surface area contributed by atoms with Gasteiger partial charge >= 0.3 is 6.03 Å². The fourth-order valence-electron chi connectivity index (χ4n) is 4.13. The smallest absolute Gasteiger partial charge is 0.362 e. The zero-order valence-corrected chi connectivity index (χ0v) is 16.6. The third-order valence-corrected chi connectivity index (χ3v) is 5.76. The SMILES string of the molecule is CCC1CCCCN1C(=O)n1ncc(C(O)(c2ccccc2)c2ccccc2)n1. The maximum Gasteiger partial charge on any atom is 0.362 e. The van der Waals surface area contributed by atoms with Crippen molar-refractivity contribution in [2.45, 2.75) is 44.2 Å². The van der Waals surface area contributed by atoms with Crippen molar-refractivity contribution in [3.8, 4) is 0 Å². The van der Waals surface area contributed by atoms with Crippen LogP contribution in [0.5, 0.6) is 0 Å². The number of piperidine rings is 1. The zero-order valence-electron chi connectivity index (χ0n) is 16.6. The molecule has 1 atom stereocenters. The molecule has 2 aromatic carbocycles. The van der Waals surface area contributed by atoms with Crippen LogP contribution in [0.15, 0.2) is 66.9 Å². The topological polar surface area (TPSA) is 71.2 Å². The molecule has 0 spiro atoms.